The summed E-state index contributed by atoms with van der Waals surface area (Å²) < 4.78 is 71.8. The molecular weight excluding hydrogens is 419 g/mol. The number of nitrogens with one attached hydrogen (secondary N) is 1. The van der Waals surface area contributed by atoms with Crippen molar-refractivity contribution in [3.05, 3.63) is 47.7 Å². The zero-order valence-corrected chi connectivity index (χ0v) is 17.6. The number of rotatable bonds is 7. The standard InChI is InChI=1S/C20H24F3N3O3S/c1-3-10-29-18-6-5-17(11-14(18)2)30(27,28)25-16-8-9-26(13-16)19-7-4-15(12-24-19)20(21,22)23/h4-7,11-12,16,25H,3,8-10,13H2,1-2H3. The minimum atomic E-state index is -4.44. The highest BCUT2D eigenvalue weighted by atomic mass is 32.2. The maximum atomic E-state index is 12.8. The predicted molar refractivity (Wildman–Crippen MR) is 107 cm³/mol. The molecule has 1 atom stereocenters. The molecule has 1 N–H and O–H groups in total. The monoisotopic (exact) mass is 443 g/mol. The van der Waals surface area contributed by atoms with Crippen molar-refractivity contribution in [2.24, 2.45) is 0 Å². The van der Waals surface area contributed by atoms with Crippen molar-refractivity contribution in [1.29, 1.82) is 0 Å². The molecule has 2 heterocycles. The molecule has 0 amide bonds. The van der Waals surface area contributed by atoms with Crippen molar-refractivity contribution >= 4 is 15.8 Å². The first kappa shape index (κ1) is 22.4. The number of pyridine rings is 1. The van der Waals surface area contributed by atoms with Gasteiger partial charge in [0.1, 0.15) is 11.6 Å². The van der Waals surface area contributed by atoms with E-state index in [2.05, 4.69) is 9.71 Å². The topological polar surface area (TPSA) is 71.5 Å². The second-order valence-electron chi connectivity index (χ2n) is 7.23. The van der Waals surface area contributed by atoms with Crippen LogP contribution < -0.4 is 14.4 Å². The first-order valence-corrected chi connectivity index (χ1v) is 11.1. The van der Waals surface area contributed by atoms with Gasteiger partial charge in [-0.25, -0.2) is 18.1 Å². The Morgan fingerprint density at radius 3 is 2.63 bits per heavy atom. The summed E-state index contributed by atoms with van der Waals surface area (Å²) in [6.07, 6.45) is -2.27. The Morgan fingerprint density at radius 2 is 2.03 bits per heavy atom. The van der Waals surface area contributed by atoms with E-state index in [1.807, 2.05) is 6.92 Å². The van der Waals surface area contributed by atoms with Crippen LogP contribution in [0.4, 0.5) is 19.0 Å². The number of nitrogens with zero attached hydrogens (tertiary/aromatic N) is 2. The van der Waals surface area contributed by atoms with Crippen LogP contribution in [-0.4, -0.2) is 39.1 Å². The minimum Gasteiger partial charge on any atom is -0.493 e. The molecule has 1 saturated heterocycles. The first-order chi connectivity index (χ1) is 14.1. The third-order valence-electron chi connectivity index (χ3n) is 4.83. The van der Waals surface area contributed by atoms with Gasteiger partial charge in [0.05, 0.1) is 17.1 Å². The van der Waals surface area contributed by atoms with Crippen LogP contribution in [0.5, 0.6) is 5.75 Å². The molecule has 0 saturated carbocycles. The molecule has 30 heavy (non-hydrogen) atoms. The Kier molecular flexibility index (Phi) is 6.56. The van der Waals surface area contributed by atoms with Crippen molar-refractivity contribution in [2.45, 2.75) is 43.8 Å². The molecule has 1 aliphatic heterocycles. The average molecular weight is 443 g/mol. The number of halogens is 3. The van der Waals surface area contributed by atoms with E-state index in [9.17, 15) is 21.6 Å². The first-order valence-electron chi connectivity index (χ1n) is 9.64. The van der Waals surface area contributed by atoms with Crippen molar-refractivity contribution in [3.8, 4) is 5.75 Å². The second-order valence-corrected chi connectivity index (χ2v) is 8.95. The van der Waals surface area contributed by atoms with Crippen LogP contribution in [0.2, 0.25) is 0 Å². The highest BCUT2D eigenvalue weighted by Crippen LogP contribution is 2.30. The highest BCUT2D eigenvalue weighted by Gasteiger charge is 2.32. The number of aromatic nitrogens is 1. The molecule has 1 aliphatic rings. The van der Waals surface area contributed by atoms with Crippen molar-refractivity contribution in [2.75, 3.05) is 24.6 Å². The zero-order chi connectivity index (χ0) is 21.9. The van der Waals surface area contributed by atoms with Crippen LogP contribution in [0.15, 0.2) is 41.4 Å². The molecule has 3 rings (SSSR count). The zero-order valence-electron chi connectivity index (χ0n) is 16.7. The number of hydrogen-bond acceptors (Lipinski definition) is 5. The molecule has 10 heteroatoms. The average Bonchev–Trinajstić information content (AvgIpc) is 3.14. The summed E-state index contributed by atoms with van der Waals surface area (Å²) >= 11 is 0. The van der Waals surface area contributed by atoms with E-state index in [0.717, 1.165) is 24.2 Å². The number of sulfonamides is 1. The summed E-state index contributed by atoms with van der Waals surface area (Å²) in [6.45, 7) is 5.16. The van der Waals surface area contributed by atoms with Gasteiger partial charge in [0.25, 0.3) is 0 Å². The SMILES string of the molecule is CCCOc1ccc(S(=O)(=O)NC2CCN(c3ccc(C(F)(F)F)cn3)C2)cc1C. The van der Waals surface area contributed by atoms with Crippen molar-refractivity contribution < 1.29 is 26.3 Å². The van der Waals surface area contributed by atoms with E-state index in [1.165, 1.54) is 12.1 Å². The molecule has 164 valence electrons. The molecule has 0 aliphatic carbocycles. The van der Waals surface area contributed by atoms with Crippen LogP contribution in [0.3, 0.4) is 0 Å². The van der Waals surface area contributed by atoms with E-state index < -0.39 is 21.8 Å². The molecule has 1 unspecified atom stereocenters. The van der Waals surface area contributed by atoms with E-state index >= 15 is 0 Å². The van der Waals surface area contributed by atoms with Gasteiger partial charge in [-0.05, 0) is 55.7 Å². The molecule has 1 fully saturated rings. The summed E-state index contributed by atoms with van der Waals surface area (Å²) in [5.74, 6) is 1.04. The van der Waals surface area contributed by atoms with Crippen molar-refractivity contribution in [1.82, 2.24) is 9.71 Å². The molecule has 2 aromatic rings. The predicted octanol–water partition coefficient (Wildman–Crippen LogP) is 3.75. The second kappa shape index (κ2) is 8.81. The maximum Gasteiger partial charge on any atom is 0.417 e. The van der Waals surface area contributed by atoms with Crippen molar-refractivity contribution in [3.63, 3.8) is 0 Å². The molecule has 1 aromatic carbocycles. The summed E-state index contributed by atoms with van der Waals surface area (Å²) in [5.41, 5.74) is -0.0854. The fraction of sp³-hybridized carbons (Fsp3) is 0.450. The van der Waals surface area contributed by atoms with Gasteiger partial charge in [-0.2, -0.15) is 13.2 Å². The van der Waals surface area contributed by atoms with Gasteiger partial charge in [0, 0.05) is 25.3 Å². The summed E-state index contributed by atoms with van der Waals surface area (Å²) in [6, 6.07) is 6.63. The Balaban J connectivity index is 1.65. The lowest BCUT2D eigenvalue weighted by atomic mass is 10.2. The molecule has 0 bridgehead atoms. The summed E-state index contributed by atoms with van der Waals surface area (Å²) in [5, 5.41) is 0. The molecular formula is C20H24F3N3O3S. The van der Waals surface area contributed by atoms with Gasteiger partial charge in [-0.3, -0.25) is 0 Å². The van der Waals surface area contributed by atoms with Crippen LogP contribution in [0.25, 0.3) is 0 Å². The number of benzene rings is 1. The molecule has 0 spiro atoms. The molecule has 1 aromatic heterocycles. The number of aryl methyl sites for hydroxylation is 1. The number of alkyl halides is 3. The van der Waals surface area contributed by atoms with Gasteiger partial charge in [0.15, 0.2) is 0 Å². The normalized spacial score (nSPS) is 17.4. The number of hydrogen-bond donors (Lipinski definition) is 1. The van der Waals surface area contributed by atoms with E-state index in [1.54, 1.807) is 24.0 Å². The van der Waals surface area contributed by atoms with Crippen LogP contribution in [0, 0.1) is 6.92 Å². The quantitative estimate of drug-likeness (QED) is 0.706. The van der Waals surface area contributed by atoms with Crippen LogP contribution in [0.1, 0.15) is 30.9 Å². The molecule has 0 radical (unpaired) electrons. The lowest BCUT2D eigenvalue weighted by molar-refractivity contribution is -0.137. The fourth-order valence-corrected chi connectivity index (χ4v) is 4.60. The van der Waals surface area contributed by atoms with Gasteiger partial charge in [-0.15, -0.1) is 0 Å². The molecule has 6 nitrogen and oxygen atoms in total. The smallest absolute Gasteiger partial charge is 0.417 e. The van der Waals surface area contributed by atoms with Gasteiger partial charge in [-0.1, -0.05) is 6.92 Å². The Labute approximate surface area is 174 Å². The largest absolute Gasteiger partial charge is 0.493 e. The van der Waals surface area contributed by atoms with E-state index in [-0.39, 0.29) is 10.9 Å². The third-order valence-corrected chi connectivity index (χ3v) is 6.35. The van der Waals surface area contributed by atoms with E-state index in [4.69, 9.17) is 4.74 Å². The van der Waals surface area contributed by atoms with Gasteiger partial charge in [0.2, 0.25) is 10.0 Å². The third kappa shape index (κ3) is 5.23. The summed E-state index contributed by atoms with van der Waals surface area (Å²) in [7, 11) is -3.74. The fourth-order valence-electron chi connectivity index (χ4n) is 3.26. The Bertz CT molecular complexity index is 979. The highest BCUT2D eigenvalue weighted by molar-refractivity contribution is 7.89. The maximum absolute atomic E-state index is 12.8. The Hall–Kier alpha value is -2.33. The lowest BCUT2D eigenvalue weighted by Crippen LogP contribution is -2.37. The lowest BCUT2D eigenvalue weighted by Gasteiger charge is -2.19. The number of anilines is 1. The number of ether oxygens (including phenoxy) is 1. The Morgan fingerprint density at radius 1 is 1.27 bits per heavy atom. The minimum absolute atomic E-state index is 0.148. The van der Waals surface area contributed by atoms with Gasteiger partial charge < -0.3 is 9.64 Å². The summed E-state index contributed by atoms with van der Waals surface area (Å²) in [4.78, 5) is 5.79. The van der Waals surface area contributed by atoms with Gasteiger partial charge >= 0.3 is 6.18 Å². The van der Waals surface area contributed by atoms with Crippen LogP contribution >= 0.6 is 0 Å². The van der Waals surface area contributed by atoms with E-state index in [0.29, 0.717) is 37.7 Å². The van der Waals surface area contributed by atoms with Crippen LogP contribution in [-0.2, 0) is 16.2 Å².